The molecule has 6 nitrogen and oxygen atoms in total. The van der Waals surface area contributed by atoms with Crippen molar-refractivity contribution in [3.8, 4) is 11.1 Å². The minimum atomic E-state index is 0.260. The Balaban J connectivity index is 1.78. The van der Waals surface area contributed by atoms with E-state index in [0.717, 1.165) is 35.6 Å². The maximum Gasteiger partial charge on any atom is 0.133 e. The minimum Gasteiger partial charge on any atom is -0.383 e. The fourth-order valence-corrected chi connectivity index (χ4v) is 4.36. The Hall–Kier alpha value is -2.77. The minimum absolute atomic E-state index is 0.260. The molecular weight excluding hydrogens is 394 g/mol. The van der Waals surface area contributed by atoms with E-state index in [-0.39, 0.29) is 6.04 Å². The fourth-order valence-electron chi connectivity index (χ4n) is 3.74. The summed E-state index contributed by atoms with van der Waals surface area (Å²) in [5.74, 6) is 1.44. The highest BCUT2D eigenvalue weighted by Gasteiger charge is 2.23. The van der Waals surface area contributed by atoms with E-state index in [2.05, 4.69) is 70.8 Å². The summed E-state index contributed by atoms with van der Waals surface area (Å²) >= 11 is 1.74. The van der Waals surface area contributed by atoms with Crippen molar-refractivity contribution in [3.63, 3.8) is 0 Å². The van der Waals surface area contributed by atoms with Crippen molar-refractivity contribution in [1.29, 1.82) is 0 Å². The van der Waals surface area contributed by atoms with Gasteiger partial charge in [0.15, 0.2) is 0 Å². The lowest BCUT2D eigenvalue weighted by atomic mass is 9.99. The van der Waals surface area contributed by atoms with Gasteiger partial charge in [-0.2, -0.15) is 5.10 Å². The number of aromatic amines is 1. The highest BCUT2D eigenvalue weighted by molar-refractivity contribution is 7.98. The molecule has 1 fully saturated rings. The van der Waals surface area contributed by atoms with E-state index in [1.807, 2.05) is 6.07 Å². The van der Waals surface area contributed by atoms with E-state index in [4.69, 9.17) is 15.5 Å². The van der Waals surface area contributed by atoms with Crippen molar-refractivity contribution in [2.24, 2.45) is 0 Å². The molecule has 0 saturated carbocycles. The van der Waals surface area contributed by atoms with Crippen molar-refractivity contribution in [2.45, 2.75) is 24.3 Å². The Bertz CT molecular complexity index is 1020. The smallest absolute Gasteiger partial charge is 0.133 e. The average molecular weight is 422 g/mol. The third kappa shape index (κ3) is 4.37. The SMILES string of the molecule is CSc1ccccc1-c1cc(N2CCOCC2C)nc(N)c1/C=C\Cc1ccn[nH]1. The molecule has 156 valence electrons. The maximum atomic E-state index is 6.52. The van der Waals surface area contributed by atoms with Gasteiger partial charge in [0, 0.05) is 35.3 Å². The summed E-state index contributed by atoms with van der Waals surface area (Å²) < 4.78 is 5.60. The van der Waals surface area contributed by atoms with Gasteiger partial charge in [0.25, 0.3) is 0 Å². The Labute approximate surface area is 181 Å². The highest BCUT2D eigenvalue weighted by atomic mass is 32.2. The number of nitrogens with zero attached hydrogens (tertiary/aromatic N) is 3. The molecule has 0 aliphatic carbocycles. The fraction of sp³-hybridized carbons (Fsp3) is 0.304. The number of nitrogen functional groups attached to an aromatic ring is 1. The summed E-state index contributed by atoms with van der Waals surface area (Å²) in [6.07, 6.45) is 8.79. The zero-order valence-corrected chi connectivity index (χ0v) is 18.2. The van der Waals surface area contributed by atoms with Crippen LogP contribution in [0, 0.1) is 0 Å². The van der Waals surface area contributed by atoms with Gasteiger partial charge < -0.3 is 15.4 Å². The number of rotatable bonds is 6. The van der Waals surface area contributed by atoms with Gasteiger partial charge in [-0.15, -0.1) is 11.8 Å². The van der Waals surface area contributed by atoms with E-state index in [9.17, 15) is 0 Å². The highest BCUT2D eigenvalue weighted by Crippen LogP contribution is 2.37. The normalized spacial score (nSPS) is 17.0. The molecule has 1 saturated heterocycles. The Morgan fingerprint density at radius 3 is 2.93 bits per heavy atom. The van der Waals surface area contributed by atoms with Crippen LogP contribution in [-0.4, -0.2) is 47.2 Å². The number of allylic oxidation sites excluding steroid dienone is 1. The second-order valence-electron chi connectivity index (χ2n) is 7.33. The summed E-state index contributed by atoms with van der Waals surface area (Å²) in [5.41, 5.74) is 10.8. The Morgan fingerprint density at radius 2 is 2.17 bits per heavy atom. The van der Waals surface area contributed by atoms with Gasteiger partial charge in [-0.25, -0.2) is 4.98 Å². The quantitative estimate of drug-likeness (QED) is 0.579. The number of aromatic nitrogens is 3. The standard InChI is InChI=1S/C23H27N5OS/c1-16-15-29-13-12-28(16)22-14-20(18-7-3-4-9-21(18)30-2)19(23(24)26-22)8-5-6-17-10-11-25-27-17/h3-5,7-11,14,16H,6,12-13,15H2,1-2H3,(H2,24,26)(H,25,27)/b8-5-. The third-order valence-electron chi connectivity index (χ3n) is 5.31. The molecule has 30 heavy (non-hydrogen) atoms. The Morgan fingerprint density at radius 1 is 1.30 bits per heavy atom. The van der Waals surface area contributed by atoms with Gasteiger partial charge >= 0.3 is 0 Å². The van der Waals surface area contributed by atoms with Crippen LogP contribution in [0.25, 0.3) is 17.2 Å². The third-order valence-corrected chi connectivity index (χ3v) is 6.11. The molecule has 1 aromatic carbocycles. The molecule has 3 aromatic rings. The number of anilines is 2. The molecule has 0 spiro atoms. The molecule has 1 atom stereocenters. The van der Waals surface area contributed by atoms with Gasteiger partial charge in [0.1, 0.15) is 11.6 Å². The van der Waals surface area contributed by atoms with Crippen molar-refractivity contribution < 1.29 is 4.74 Å². The first-order valence-corrected chi connectivity index (χ1v) is 11.3. The number of H-pyrrole nitrogens is 1. The number of benzene rings is 1. The van der Waals surface area contributed by atoms with Crippen LogP contribution < -0.4 is 10.6 Å². The number of hydrogen-bond donors (Lipinski definition) is 2. The summed E-state index contributed by atoms with van der Waals surface area (Å²) in [7, 11) is 0. The number of hydrogen-bond acceptors (Lipinski definition) is 6. The molecule has 1 aliphatic heterocycles. The molecule has 0 bridgehead atoms. The van der Waals surface area contributed by atoms with E-state index in [1.54, 1.807) is 18.0 Å². The van der Waals surface area contributed by atoms with Crippen LogP contribution in [0.1, 0.15) is 18.2 Å². The molecule has 1 aliphatic rings. The number of ether oxygens (including phenoxy) is 1. The first-order valence-electron chi connectivity index (χ1n) is 10.1. The zero-order chi connectivity index (χ0) is 20.9. The number of nitrogens with one attached hydrogen (secondary N) is 1. The van der Waals surface area contributed by atoms with Crippen LogP contribution in [0.15, 0.2) is 53.6 Å². The average Bonchev–Trinajstić information content (AvgIpc) is 3.28. The van der Waals surface area contributed by atoms with Crippen molar-refractivity contribution in [3.05, 3.63) is 59.9 Å². The Kier molecular flexibility index (Phi) is 6.40. The largest absolute Gasteiger partial charge is 0.383 e. The predicted octanol–water partition coefficient (Wildman–Crippen LogP) is 4.26. The predicted molar refractivity (Wildman–Crippen MR) is 125 cm³/mol. The first kappa shape index (κ1) is 20.5. The van der Waals surface area contributed by atoms with Crippen LogP contribution >= 0.6 is 11.8 Å². The van der Waals surface area contributed by atoms with E-state index >= 15 is 0 Å². The van der Waals surface area contributed by atoms with Crippen LogP contribution in [0.3, 0.4) is 0 Å². The van der Waals surface area contributed by atoms with Gasteiger partial charge in [-0.1, -0.05) is 30.4 Å². The number of nitrogens with two attached hydrogens (primary N) is 1. The van der Waals surface area contributed by atoms with Crippen molar-refractivity contribution in [2.75, 3.05) is 36.6 Å². The van der Waals surface area contributed by atoms with Gasteiger partial charge in [0.2, 0.25) is 0 Å². The number of morpholine rings is 1. The molecule has 1 unspecified atom stereocenters. The van der Waals surface area contributed by atoms with Gasteiger partial charge in [-0.05, 0) is 42.5 Å². The molecule has 3 N–H and O–H groups in total. The lowest BCUT2D eigenvalue weighted by molar-refractivity contribution is 0.0985. The number of pyridine rings is 1. The van der Waals surface area contributed by atoms with Gasteiger partial charge in [-0.3, -0.25) is 5.10 Å². The van der Waals surface area contributed by atoms with E-state index in [0.29, 0.717) is 19.0 Å². The van der Waals surface area contributed by atoms with Crippen LogP contribution in [0.2, 0.25) is 0 Å². The summed E-state index contributed by atoms with van der Waals surface area (Å²) in [6.45, 7) is 4.37. The molecule has 7 heteroatoms. The summed E-state index contributed by atoms with van der Waals surface area (Å²) in [5, 5.41) is 7.00. The number of thioether (sulfide) groups is 1. The van der Waals surface area contributed by atoms with Gasteiger partial charge in [0.05, 0.1) is 19.3 Å². The molecule has 3 heterocycles. The summed E-state index contributed by atoms with van der Waals surface area (Å²) in [4.78, 5) is 8.27. The molecule has 4 rings (SSSR count). The van der Waals surface area contributed by atoms with Crippen LogP contribution in [0.5, 0.6) is 0 Å². The van der Waals surface area contributed by atoms with Crippen LogP contribution in [-0.2, 0) is 11.2 Å². The monoisotopic (exact) mass is 421 g/mol. The topological polar surface area (TPSA) is 80.1 Å². The van der Waals surface area contributed by atoms with Crippen LogP contribution in [0.4, 0.5) is 11.6 Å². The second-order valence-corrected chi connectivity index (χ2v) is 8.18. The molecule has 0 radical (unpaired) electrons. The summed E-state index contributed by atoms with van der Waals surface area (Å²) in [6, 6.07) is 12.8. The molecular formula is C23H27N5OS. The van der Waals surface area contributed by atoms with Crippen molar-refractivity contribution >= 4 is 29.5 Å². The second kappa shape index (κ2) is 9.36. The lowest BCUT2D eigenvalue weighted by Gasteiger charge is -2.34. The van der Waals surface area contributed by atoms with E-state index in [1.165, 1.54) is 10.5 Å². The zero-order valence-electron chi connectivity index (χ0n) is 17.3. The molecule has 0 amide bonds. The lowest BCUT2D eigenvalue weighted by Crippen LogP contribution is -2.44. The molecule has 2 aromatic heterocycles. The first-order chi connectivity index (χ1) is 14.7. The maximum absolute atomic E-state index is 6.52. The van der Waals surface area contributed by atoms with E-state index < -0.39 is 0 Å². The van der Waals surface area contributed by atoms with Crippen molar-refractivity contribution in [1.82, 2.24) is 15.2 Å².